The number of para-hydroxylation sites is 1. The van der Waals surface area contributed by atoms with Gasteiger partial charge in [0.25, 0.3) is 0 Å². The minimum atomic E-state index is -0.865. The van der Waals surface area contributed by atoms with E-state index in [1.165, 1.54) is 0 Å². The molecule has 1 aromatic rings. The number of anilines is 1. The predicted molar refractivity (Wildman–Crippen MR) is 75.8 cm³/mol. The van der Waals surface area contributed by atoms with Crippen molar-refractivity contribution in [3.8, 4) is 6.07 Å². The molecular weight excluding hydrogens is 272 g/mol. The lowest BCUT2D eigenvalue weighted by Crippen LogP contribution is -2.51. The molecule has 2 rings (SSSR count). The third-order valence-corrected chi connectivity index (χ3v) is 3.31. The third kappa shape index (κ3) is 3.94. The Hall–Kier alpha value is -2.59. The summed E-state index contributed by atoms with van der Waals surface area (Å²) in [5, 5.41) is 20.4. The quantitative estimate of drug-likeness (QED) is 0.857. The highest BCUT2D eigenvalue weighted by Gasteiger charge is 2.22. The molecule has 0 saturated carbocycles. The van der Waals surface area contributed by atoms with Gasteiger partial charge in [-0.25, -0.2) is 4.79 Å². The molecule has 1 aliphatic heterocycles. The van der Waals surface area contributed by atoms with Crippen LogP contribution >= 0.6 is 0 Å². The monoisotopic (exact) mass is 288 g/mol. The van der Waals surface area contributed by atoms with Crippen molar-refractivity contribution in [1.29, 1.82) is 5.26 Å². The Kier molecular flexibility index (Phi) is 4.74. The average Bonchev–Trinajstić information content (AvgIpc) is 2.48. The molecule has 0 spiro atoms. The molecule has 0 radical (unpaired) electrons. The molecule has 0 aromatic heterocycles. The first-order chi connectivity index (χ1) is 10.1. The largest absolute Gasteiger partial charge is 0.480 e. The summed E-state index contributed by atoms with van der Waals surface area (Å²) in [6, 6.07) is 8.56. The molecule has 0 aliphatic carbocycles. The molecule has 0 unspecified atom stereocenters. The van der Waals surface area contributed by atoms with Crippen LogP contribution in [-0.2, 0) is 4.79 Å². The fourth-order valence-electron chi connectivity index (χ4n) is 2.18. The number of nitrogens with zero attached hydrogens (tertiary/aromatic N) is 3. The van der Waals surface area contributed by atoms with Crippen molar-refractivity contribution in [2.75, 3.05) is 38.0 Å². The van der Waals surface area contributed by atoms with Crippen molar-refractivity contribution in [3.63, 3.8) is 0 Å². The van der Waals surface area contributed by atoms with Crippen LogP contribution in [0.25, 0.3) is 0 Å². The molecule has 0 bridgehead atoms. The van der Waals surface area contributed by atoms with E-state index < -0.39 is 5.97 Å². The number of hydrogen-bond acceptors (Lipinski definition) is 4. The van der Waals surface area contributed by atoms with Gasteiger partial charge in [-0.05, 0) is 12.1 Å². The number of hydrogen-bond donors (Lipinski definition) is 2. The number of carboxylic acids is 1. The maximum atomic E-state index is 12.1. The lowest BCUT2D eigenvalue weighted by molar-refractivity contribution is -0.138. The molecule has 110 valence electrons. The van der Waals surface area contributed by atoms with Crippen LogP contribution in [0.4, 0.5) is 10.5 Å². The Morgan fingerprint density at radius 3 is 2.52 bits per heavy atom. The standard InChI is InChI=1S/C14H16N4O3/c15-9-11-3-1-2-4-12(11)16-14(21)18-7-5-17(6-8-18)10-13(19)20/h1-4H,5-8,10H2,(H,16,21)(H,19,20). The van der Waals surface area contributed by atoms with Gasteiger partial charge in [0.2, 0.25) is 0 Å². The van der Waals surface area contributed by atoms with Crippen LogP contribution in [0.2, 0.25) is 0 Å². The number of nitrogens with one attached hydrogen (secondary N) is 1. The van der Waals surface area contributed by atoms with Crippen molar-refractivity contribution in [1.82, 2.24) is 9.80 Å². The Morgan fingerprint density at radius 2 is 1.90 bits per heavy atom. The van der Waals surface area contributed by atoms with E-state index in [4.69, 9.17) is 10.4 Å². The minimum absolute atomic E-state index is 0.00722. The molecule has 1 fully saturated rings. The van der Waals surface area contributed by atoms with E-state index in [-0.39, 0.29) is 12.6 Å². The summed E-state index contributed by atoms with van der Waals surface area (Å²) >= 11 is 0. The summed E-state index contributed by atoms with van der Waals surface area (Å²) in [5.74, 6) is -0.865. The van der Waals surface area contributed by atoms with E-state index in [9.17, 15) is 9.59 Å². The molecule has 1 saturated heterocycles. The molecule has 2 amide bonds. The van der Waals surface area contributed by atoms with E-state index in [0.29, 0.717) is 37.4 Å². The molecule has 0 atom stereocenters. The van der Waals surface area contributed by atoms with Gasteiger partial charge in [0, 0.05) is 26.2 Å². The van der Waals surface area contributed by atoms with Crippen LogP contribution < -0.4 is 5.32 Å². The van der Waals surface area contributed by atoms with Gasteiger partial charge < -0.3 is 15.3 Å². The topological polar surface area (TPSA) is 96.7 Å². The predicted octanol–water partition coefficient (Wildman–Crippen LogP) is 0.792. The minimum Gasteiger partial charge on any atom is -0.480 e. The van der Waals surface area contributed by atoms with Crippen LogP contribution in [-0.4, -0.2) is 59.6 Å². The Morgan fingerprint density at radius 1 is 1.24 bits per heavy atom. The first-order valence-corrected chi connectivity index (χ1v) is 6.59. The lowest BCUT2D eigenvalue weighted by Gasteiger charge is -2.33. The van der Waals surface area contributed by atoms with Gasteiger partial charge in [-0.2, -0.15) is 5.26 Å². The number of piperazine rings is 1. The van der Waals surface area contributed by atoms with Crippen LogP contribution in [0, 0.1) is 11.3 Å². The zero-order valence-corrected chi connectivity index (χ0v) is 11.5. The van der Waals surface area contributed by atoms with Gasteiger partial charge in [-0.3, -0.25) is 9.69 Å². The molecule has 1 aromatic carbocycles. The van der Waals surface area contributed by atoms with Gasteiger partial charge in [-0.15, -0.1) is 0 Å². The smallest absolute Gasteiger partial charge is 0.321 e. The molecule has 7 heteroatoms. The average molecular weight is 288 g/mol. The number of benzene rings is 1. The summed E-state index contributed by atoms with van der Waals surface area (Å²) in [7, 11) is 0. The van der Waals surface area contributed by atoms with Crippen LogP contribution in [0.3, 0.4) is 0 Å². The SMILES string of the molecule is N#Cc1ccccc1NC(=O)N1CCN(CC(=O)O)CC1. The second-order valence-corrected chi connectivity index (χ2v) is 4.74. The van der Waals surface area contributed by atoms with E-state index in [0.717, 1.165) is 0 Å². The van der Waals surface area contributed by atoms with Crippen molar-refractivity contribution in [3.05, 3.63) is 29.8 Å². The van der Waals surface area contributed by atoms with Gasteiger partial charge in [0.05, 0.1) is 17.8 Å². The van der Waals surface area contributed by atoms with Crippen molar-refractivity contribution in [2.45, 2.75) is 0 Å². The van der Waals surface area contributed by atoms with Gasteiger partial charge >= 0.3 is 12.0 Å². The zero-order chi connectivity index (χ0) is 15.2. The van der Waals surface area contributed by atoms with Crippen molar-refractivity contribution < 1.29 is 14.7 Å². The summed E-state index contributed by atoms with van der Waals surface area (Å²) in [6.45, 7) is 1.98. The highest BCUT2D eigenvalue weighted by molar-refractivity contribution is 5.90. The number of carbonyl (C=O) groups is 2. The normalized spacial score (nSPS) is 15.3. The van der Waals surface area contributed by atoms with Crippen LogP contribution in [0.5, 0.6) is 0 Å². The Balaban J connectivity index is 1.91. The van der Waals surface area contributed by atoms with Crippen LogP contribution in [0.15, 0.2) is 24.3 Å². The highest BCUT2D eigenvalue weighted by Crippen LogP contribution is 2.14. The number of rotatable bonds is 3. The van der Waals surface area contributed by atoms with Gasteiger partial charge in [0.15, 0.2) is 0 Å². The molecule has 21 heavy (non-hydrogen) atoms. The third-order valence-electron chi connectivity index (χ3n) is 3.31. The fraction of sp³-hybridized carbons (Fsp3) is 0.357. The molecule has 1 aliphatic rings. The fourth-order valence-corrected chi connectivity index (χ4v) is 2.18. The zero-order valence-electron chi connectivity index (χ0n) is 11.5. The second-order valence-electron chi connectivity index (χ2n) is 4.74. The highest BCUT2D eigenvalue weighted by atomic mass is 16.4. The number of urea groups is 1. The summed E-state index contributed by atoms with van der Waals surface area (Å²) in [6.07, 6.45) is 0. The second kappa shape index (κ2) is 6.72. The van der Waals surface area contributed by atoms with E-state index in [1.807, 2.05) is 6.07 Å². The van der Waals surface area contributed by atoms with E-state index >= 15 is 0 Å². The number of carbonyl (C=O) groups excluding carboxylic acids is 1. The summed E-state index contributed by atoms with van der Waals surface area (Å²) in [5.41, 5.74) is 0.897. The summed E-state index contributed by atoms with van der Waals surface area (Å²) < 4.78 is 0. The maximum absolute atomic E-state index is 12.1. The molecule has 7 nitrogen and oxygen atoms in total. The number of carboxylic acid groups (broad SMARTS) is 1. The van der Waals surface area contributed by atoms with E-state index in [2.05, 4.69) is 5.32 Å². The van der Waals surface area contributed by atoms with Crippen molar-refractivity contribution in [2.24, 2.45) is 0 Å². The van der Waals surface area contributed by atoms with E-state index in [1.54, 1.807) is 34.1 Å². The number of amides is 2. The molecular formula is C14H16N4O3. The summed E-state index contributed by atoms with van der Waals surface area (Å²) in [4.78, 5) is 26.2. The Bertz CT molecular complexity index is 574. The van der Waals surface area contributed by atoms with Crippen LogP contribution in [0.1, 0.15) is 5.56 Å². The first kappa shape index (κ1) is 14.8. The number of nitriles is 1. The maximum Gasteiger partial charge on any atom is 0.321 e. The lowest BCUT2D eigenvalue weighted by atomic mass is 10.2. The Labute approximate surface area is 122 Å². The number of aliphatic carboxylic acids is 1. The van der Waals surface area contributed by atoms with Gasteiger partial charge in [-0.1, -0.05) is 12.1 Å². The van der Waals surface area contributed by atoms with Gasteiger partial charge in [0.1, 0.15) is 6.07 Å². The van der Waals surface area contributed by atoms with Crippen molar-refractivity contribution >= 4 is 17.7 Å². The molecule has 1 heterocycles. The molecule has 2 N–H and O–H groups in total. The first-order valence-electron chi connectivity index (χ1n) is 6.59.